The average Bonchev–Trinajstić information content (AvgIpc) is 3.32. The maximum absolute atomic E-state index is 14.4. The first-order chi connectivity index (χ1) is 17.8. The lowest BCUT2D eigenvalue weighted by Gasteiger charge is -2.10. The van der Waals surface area contributed by atoms with Crippen LogP contribution in [0.3, 0.4) is 0 Å². The number of halogens is 2. The molecule has 0 amide bonds. The highest BCUT2D eigenvalue weighted by atomic mass is 32.2. The Morgan fingerprint density at radius 2 is 1.51 bits per heavy atom. The number of imidazole rings is 1. The molecule has 3 heterocycles. The van der Waals surface area contributed by atoms with Gasteiger partial charge in [-0.25, -0.2) is 22.2 Å². The normalized spacial score (nSPS) is 11.9. The minimum Gasteiger partial charge on any atom is -0.299 e. The zero-order chi connectivity index (χ0) is 25.7. The van der Waals surface area contributed by atoms with Crippen molar-refractivity contribution in [2.75, 3.05) is 6.26 Å². The number of hydrogen-bond donors (Lipinski definition) is 0. The molecule has 0 aliphatic heterocycles. The summed E-state index contributed by atoms with van der Waals surface area (Å²) in [6.45, 7) is 0. The zero-order valence-electron chi connectivity index (χ0n) is 19.6. The van der Waals surface area contributed by atoms with Crippen molar-refractivity contribution in [1.82, 2.24) is 14.4 Å². The van der Waals surface area contributed by atoms with E-state index in [9.17, 15) is 17.2 Å². The van der Waals surface area contributed by atoms with Gasteiger partial charge in [0.2, 0.25) is 0 Å². The van der Waals surface area contributed by atoms with Crippen molar-refractivity contribution in [1.29, 1.82) is 0 Å². The number of aromatic nitrogens is 3. The molecule has 0 radical (unpaired) electrons. The van der Waals surface area contributed by atoms with Gasteiger partial charge in [0.25, 0.3) is 0 Å². The molecular formula is C29H19F2N3O2S. The van der Waals surface area contributed by atoms with Crippen LogP contribution in [0.25, 0.3) is 50.1 Å². The molecule has 0 spiro atoms. The summed E-state index contributed by atoms with van der Waals surface area (Å²) in [7, 11) is -3.27. The van der Waals surface area contributed by atoms with Crippen LogP contribution >= 0.6 is 0 Å². The third-order valence-corrected chi connectivity index (χ3v) is 7.51. The maximum atomic E-state index is 14.4. The topological polar surface area (TPSA) is 64.3 Å². The number of hydrogen-bond acceptors (Lipinski definition) is 4. The summed E-state index contributed by atoms with van der Waals surface area (Å²) in [5.74, 6) is -1.02. The van der Waals surface area contributed by atoms with Crippen LogP contribution in [0.5, 0.6) is 0 Å². The zero-order valence-corrected chi connectivity index (χ0v) is 20.4. The van der Waals surface area contributed by atoms with Crippen molar-refractivity contribution in [2.24, 2.45) is 0 Å². The summed E-state index contributed by atoms with van der Waals surface area (Å²) in [5, 5.41) is 0.892. The van der Waals surface area contributed by atoms with Gasteiger partial charge in [0, 0.05) is 40.7 Å². The van der Waals surface area contributed by atoms with Crippen LogP contribution in [-0.4, -0.2) is 29.0 Å². The van der Waals surface area contributed by atoms with Gasteiger partial charge in [-0.3, -0.25) is 9.38 Å². The van der Waals surface area contributed by atoms with E-state index in [0.29, 0.717) is 11.2 Å². The van der Waals surface area contributed by atoms with E-state index in [4.69, 9.17) is 0 Å². The Balaban J connectivity index is 1.45. The Hall–Kier alpha value is -4.43. The highest BCUT2D eigenvalue weighted by Crippen LogP contribution is 2.33. The van der Waals surface area contributed by atoms with Crippen LogP contribution in [0, 0.1) is 11.6 Å². The second-order valence-electron chi connectivity index (χ2n) is 8.80. The van der Waals surface area contributed by atoms with Crippen molar-refractivity contribution < 1.29 is 17.2 Å². The van der Waals surface area contributed by atoms with Crippen molar-refractivity contribution in [3.63, 3.8) is 0 Å². The molecule has 0 aliphatic rings. The van der Waals surface area contributed by atoms with E-state index in [2.05, 4.69) is 9.97 Å². The third kappa shape index (κ3) is 4.15. The van der Waals surface area contributed by atoms with Gasteiger partial charge >= 0.3 is 0 Å². The van der Waals surface area contributed by atoms with Gasteiger partial charge in [-0.2, -0.15) is 0 Å². The Kier molecular flexibility index (Phi) is 5.35. The summed E-state index contributed by atoms with van der Waals surface area (Å²) >= 11 is 0. The molecule has 0 N–H and O–H groups in total. The summed E-state index contributed by atoms with van der Waals surface area (Å²) in [5.41, 5.74) is 5.57. The number of fused-ring (bicyclic) bond motifs is 2. The minimum atomic E-state index is -3.27. The number of benzene rings is 3. The predicted octanol–water partition coefficient (Wildman–Crippen LogP) is 6.57. The molecule has 3 aromatic carbocycles. The molecule has 6 rings (SSSR count). The van der Waals surface area contributed by atoms with E-state index in [0.717, 1.165) is 45.4 Å². The third-order valence-electron chi connectivity index (χ3n) is 6.38. The standard InChI is InChI=1S/C29H19F2N3O2S/c1-37(35,36)22-7-2-18(3-8-22)19-4-9-23-24(12-13-32-27(23)14-19)28-16-33-29-11-5-20(17-34(28)29)25-15-21(30)6-10-26(25)31/h2-17H,1H3. The van der Waals surface area contributed by atoms with Crippen LogP contribution in [-0.2, 0) is 9.84 Å². The number of pyridine rings is 2. The minimum absolute atomic E-state index is 0.174. The van der Waals surface area contributed by atoms with E-state index in [1.165, 1.54) is 12.3 Å². The number of rotatable bonds is 4. The van der Waals surface area contributed by atoms with Gasteiger partial charge in [0.15, 0.2) is 9.84 Å². The predicted molar refractivity (Wildman–Crippen MR) is 140 cm³/mol. The Labute approximate surface area is 211 Å². The van der Waals surface area contributed by atoms with E-state index in [1.807, 2.05) is 28.7 Å². The van der Waals surface area contributed by atoms with E-state index in [1.54, 1.807) is 55.0 Å². The summed E-state index contributed by atoms with van der Waals surface area (Å²) in [6, 6.07) is 21.4. The first-order valence-electron chi connectivity index (χ1n) is 11.4. The van der Waals surface area contributed by atoms with Gasteiger partial charge in [-0.05, 0) is 65.7 Å². The maximum Gasteiger partial charge on any atom is 0.175 e. The highest BCUT2D eigenvalue weighted by Gasteiger charge is 2.14. The SMILES string of the molecule is CS(=O)(=O)c1ccc(-c2ccc3c(-c4cnc5ccc(-c6cc(F)ccc6F)cn45)ccnc3c2)cc1. The molecule has 3 aromatic heterocycles. The fourth-order valence-electron chi connectivity index (χ4n) is 4.50. The quantitative estimate of drug-likeness (QED) is 0.269. The van der Waals surface area contributed by atoms with Crippen LogP contribution in [0.1, 0.15) is 0 Å². The van der Waals surface area contributed by atoms with Crippen LogP contribution in [0.2, 0.25) is 0 Å². The lowest BCUT2D eigenvalue weighted by atomic mass is 10.0. The molecule has 37 heavy (non-hydrogen) atoms. The molecule has 0 unspecified atom stereocenters. The molecular weight excluding hydrogens is 492 g/mol. The first kappa shape index (κ1) is 23.0. The fourth-order valence-corrected chi connectivity index (χ4v) is 5.13. The van der Waals surface area contributed by atoms with Crippen LogP contribution < -0.4 is 0 Å². The molecule has 0 atom stereocenters. The van der Waals surface area contributed by atoms with Gasteiger partial charge in [-0.1, -0.05) is 24.3 Å². The van der Waals surface area contributed by atoms with Gasteiger partial charge in [0.05, 0.1) is 22.3 Å². The van der Waals surface area contributed by atoms with Gasteiger partial charge in [-0.15, -0.1) is 0 Å². The molecule has 0 saturated heterocycles. The van der Waals surface area contributed by atoms with E-state index >= 15 is 0 Å². The Bertz CT molecular complexity index is 1930. The Morgan fingerprint density at radius 3 is 2.30 bits per heavy atom. The van der Waals surface area contributed by atoms with Gasteiger partial charge in [0.1, 0.15) is 17.3 Å². The van der Waals surface area contributed by atoms with Crippen molar-refractivity contribution >= 4 is 26.4 Å². The smallest absolute Gasteiger partial charge is 0.175 e. The Morgan fingerprint density at radius 1 is 0.757 bits per heavy atom. The summed E-state index contributed by atoms with van der Waals surface area (Å²) < 4.78 is 53.7. The van der Waals surface area contributed by atoms with Crippen molar-refractivity contribution in [3.8, 4) is 33.5 Å². The van der Waals surface area contributed by atoms with E-state index < -0.39 is 21.5 Å². The molecule has 6 aromatic rings. The summed E-state index contributed by atoms with van der Waals surface area (Å²) in [6.07, 6.45) is 6.39. The van der Waals surface area contributed by atoms with Crippen LogP contribution in [0.4, 0.5) is 8.78 Å². The van der Waals surface area contributed by atoms with Crippen molar-refractivity contribution in [3.05, 3.63) is 109 Å². The van der Waals surface area contributed by atoms with Gasteiger partial charge < -0.3 is 0 Å². The molecule has 0 aliphatic carbocycles. The fraction of sp³-hybridized carbons (Fsp3) is 0.0345. The largest absolute Gasteiger partial charge is 0.299 e. The number of nitrogens with zero attached hydrogens (tertiary/aromatic N) is 3. The van der Waals surface area contributed by atoms with Crippen LogP contribution in [0.15, 0.2) is 102 Å². The lowest BCUT2D eigenvalue weighted by molar-refractivity contribution is 0.602. The second kappa shape index (κ2) is 8.60. The molecule has 182 valence electrons. The lowest BCUT2D eigenvalue weighted by Crippen LogP contribution is -1.96. The highest BCUT2D eigenvalue weighted by molar-refractivity contribution is 7.90. The molecule has 0 fully saturated rings. The molecule has 5 nitrogen and oxygen atoms in total. The van der Waals surface area contributed by atoms with Crippen molar-refractivity contribution in [2.45, 2.75) is 4.90 Å². The first-order valence-corrected chi connectivity index (χ1v) is 13.3. The van der Waals surface area contributed by atoms with E-state index in [-0.39, 0.29) is 10.5 Å². The average molecular weight is 512 g/mol. The molecule has 0 bridgehead atoms. The molecule has 0 saturated carbocycles. The molecule has 8 heteroatoms. The summed E-state index contributed by atoms with van der Waals surface area (Å²) in [4.78, 5) is 9.31. The monoisotopic (exact) mass is 511 g/mol. The number of sulfone groups is 1. The second-order valence-corrected chi connectivity index (χ2v) is 10.8.